The highest BCUT2D eigenvalue weighted by atomic mass is 35.5. The highest BCUT2D eigenvalue weighted by Crippen LogP contribution is 2.30. The molecule has 1 aliphatic heterocycles. The first-order valence-electron chi connectivity index (χ1n) is 4.35. The summed E-state index contributed by atoms with van der Waals surface area (Å²) in [7, 11) is 0. The second kappa shape index (κ2) is 5.10. The van der Waals surface area contributed by atoms with E-state index in [2.05, 4.69) is 4.99 Å². The van der Waals surface area contributed by atoms with Gasteiger partial charge in [-0.2, -0.15) is 4.99 Å². The topological polar surface area (TPSA) is 23.2 Å². The molecule has 0 amide bonds. The van der Waals surface area contributed by atoms with Crippen molar-refractivity contribution in [2.24, 2.45) is 0 Å². The first-order valence-corrected chi connectivity index (χ1v) is 5.72. The normalized spacial score (nSPS) is 27.2. The van der Waals surface area contributed by atoms with Gasteiger partial charge in [-0.25, -0.2) is 0 Å². The fourth-order valence-corrected chi connectivity index (χ4v) is 2.31. The van der Waals surface area contributed by atoms with Gasteiger partial charge in [-0.3, -0.25) is 0 Å². The predicted octanol–water partition coefficient (Wildman–Crippen LogP) is -1.52. The molecule has 0 spiro atoms. The molecule has 1 fully saturated rings. The maximum Gasteiger partial charge on any atom is 0.406 e. The summed E-state index contributed by atoms with van der Waals surface area (Å²) in [5.74, 6) is 0.768. The Morgan fingerprint density at radius 3 is 2.60 bits per heavy atom. The SMILES string of the molecule is CC1(Cl)CSC(=[NH+]c2ccccc2)O1.[Cl-]. The molecule has 1 heterocycles. The Labute approximate surface area is 104 Å². The fraction of sp³-hybridized carbons (Fsp3) is 0.300. The van der Waals surface area contributed by atoms with Gasteiger partial charge in [-0.15, -0.1) is 0 Å². The summed E-state index contributed by atoms with van der Waals surface area (Å²) in [4.78, 5) is 3.17. The van der Waals surface area contributed by atoms with Crippen LogP contribution in [-0.4, -0.2) is 16.0 Å². The first kappa shape index (κ1) is 12.7. The largest absolute Gasteiger partial charge is 1.00 e. The number of thioether (sulfide) groups is 1. The average molecular weight is 264 g/mol. The van der Waals surface area contributed by atoms with E-state index in [1.807, 2.05) is 37.3 Å². The number of rotatable bonds is 1. The summed E-state index contributed by atoms with van der Waals surface area (Å²) < 4.78 is 5.49. The molecule has 1 unspecified atom stereocenters. The number of alkyl halides is 1. The summed E-state index contributed by atoms with van der Waals surface area (Å²) in [6, 6.07) is 9.90. The van der Waals surface area contributed by atoms with Crippen LogP contribution in [0.5, 0.6) is 0 Å². The molecule has 82 valence electrons. The zero-order valence-electron chi connectivity index (χ0n) is 8.17. The minimum atomic E-state index is -0.568. The number of benzene rings is 1. The molecule has 1 aromatic rings. The maximum absolute atomic E-state index is 6.02. The Hall–Kier alpha value is -0.380. The third-order valence-electron chi connectivity index (χ3n) is 1.79. The molecule has 0 radical (unpaired) electrons. The minimum absolute atomic E-state index is 0. The zero-order valence-corrected chi connectivity index (χ0v) is 10.5. The molecular formula is C10H11Cl2NOS. The molecule has 0 bridgehead atoms. The van der Waals surface area contributed by atoms with E-state index in [1.165, 1.54) is 0 Å². The Morgan fingerprint density at radius 1 is 1.40 bits per heavy atom. The van der Waals surface area contributed by atoms with E-state index in [0.29, 0.717) is 0 Å². The first-order chi connectivity index (χ1) is 6.66. The van der Waals surface area contributed by atoms with E-state index < -0.39 is 5.06 Å². The van der Waals surface area contributed by atoms with Crippen LogP contribution in [0.2, 0.25) is 0 Å². The van der Waals surface area contributed by atoms with Crippen LogP contribution in [0.15, 0.2) is 30.3 Å². The molecule has 0 aromatic heterocycles. The lowest BCUT2D eigenvalue weighted by atomic mass is 10.3. The fourth-order valence-electron chi connectivity index (χ4n) is 1.15. The molecule has 0 saturated carbocycles. The Balaban J connectivity index is 0.00000112. The summed E-state index contributed by atoms with van der Waals surface area (Å²) in [5, 5.41) is 0.204. The van der Waals surface area contributed by atoms with Gasteiger partial charge >= 0.3 is 5.23 Å². The molecule has 1 N–H and O–H groups in total. The lowest BCUT2D eigenvalue weighted by molar-refractivity contribution is -0.363. The number of hydrogen-bond donors (Lipinski definition) is 1. The Kier molecular flexibility index (Phi) is 4.32. The molecular weight excluding hydrogens is 253 g/mol. The van der Waals surface area contributed by atoms with Gasteiger partial charge in [0.25, 0.3) is 0 Å². The van der Waals surface area contributed by atoms with Crippen LogP contribution >= 0.6 is 23.4 Å². The van der Waals surface area contributed by atoms with E-state index >= 15 is 0 Å². The number of nitrogens with one attached hydrogen (secondary N) is 1. The van der Waals surface area contributed by atoms with Crippen LogP contribution in [0.4, 0.5) is 5.69 Å². The molecule has 1 atom stereocenters. The standard InChI is InChI=1S/C10H10ClNOS.ClH/c1-10(11)7-14-9(13-10)12-8-5-3-2-4-6-8;/h2-6H,7H2,1H3;1H. The molecule has 0 aliphatic carbocycles. The van der Waals surface area contributed by atoms with Gasteiger partial charge in [-0.1, -0.05) is 29.8 Å². The van der Waals surface area contributed by atoms with Crippen molar-refractivity contribution < 1.29 is 22.1 Å². The number of ether oxygens (including phenoxy) is 1. The van der Waals surface area contributed by atoms with Crippen LogP contribution < -0.4 is 17.4 Å². The minimum Gasteiger partial charge on any atom is -1.00 e. The molecule has 1 saturated heterocycles. The van der Waals surface area contributed by atoms with Crippen LogP contribution in [-0.2, 0) is 4.74 Å². The highest BCUT2D eigenvalue weighted by molar-refractivity contribution is 8.13. The smallest absolute Gasteiger partial charge is 0.406 e. The van der Waals surface area contributed by atoms with E-state index in [4.69, 9.17) is 16.3 Å². The predicted molar refractivity (Wildman–Crippen MR) is 59.9 cm³/mol. The molecule has 15 heavy (non-hydrogen) atoms. The van der Waals surface area contributed by atoms with Crippen molar-refractivity contribution in [2.45, 2.75) is 12.0 Å². The van der Waals surface area contributed by atoms with Crippen molar-refractivity contribution in [2.75, 3.05) is 5.75 Å². The quantitative estimate of drug-likeness (QED) is 0.623. The van der Waals surface area contributed by atoms with Crippen molar-refractivity contribution in [1.29, 1.82) is 0 Å². The molecule has 2 rings (SSSR count). The Bertz CT molecular complexity index is 354. The third-order valence-corrected chi connectivity index (χ3v) is 3.30. The lowest BCUT2D eigenvalue weighted by Gasteiger charge is -2.09. The maximum atomic E-state index is 6.02. The molecule has 5 heteroatoms. The van der Waals surface area contributed by atoms with E-state index in [1.54, 1.807) is 11.8 Å². The lowest BCUT2D eigenvalue weighted by Crippen LogP contribution is -3.00. The average Bonchev–Trinajstić information content (AvgIpc) is 2.47. The van der Waals surface area contributed by atoms with Gasteiger partial charge in [0.1, 0.15) is 0 Å². The number of halogens is 2. The monoisotopic (exact) mass is 263 g/mol. The molecule has 1 aliphatic rings. The summed E-state index contributed by atoms with van der Waals surface area (Å²) in [6.45, 7) is 1.86. The van der Waals surface area contributed by atoms with Gasteiger partial charge in [0.05, 0.1) is 5.75 Å². The van der Waals surface area contributed by atoms with Gasteiger partial charge in [0.15, 0.2) is 5.06 Å². The van der Waals surface area contributed by atoms with Crippen molar-refractivity contribution in [3.63, 3.8) is 0 Å². The third kappa shape index (κ3) is 3.59. The summed E-state index contributed by atoms with van der Waals surface area (Å²) >= 11 is 7.62. The number of para-hydroxylation sites is 1. The van der Waals surface area contributed by atoms with Crippen LogP contribution in [0.1, 0.15) is 6.92 Å². The van der Waals surface area contributed by atoms with E-state index in [0.717, 1.165) is 16.7 Å². The van der Waals surface area contributed by atoms with Crippen molar-refractivity contribution in [3.05, 3.63) is 30.3 Å². The second-order valence-corrected chi connectivity index (χ2v) is 5.02. The van der Waals surface area contributed by atoms with Crippen molar-refractivity contribution in [3.8, 4) is 0 Å². The molecule has 1 aromatic carbocycles. The summed E-state index contributed by atoms with van der Waals surface area (Å²) in [6.07, 6.45) is 0. The second-order valence-electron chi connectivity index (χ2n) is 3.27. The highest BCUT2D eigenvalue weighted by Gasteiger charge is 2.36. The van der Waals surface area contributed by atoms with Gasteiger partial charge < -0.3 is 17.1 Å². The number of hydrogen-bond acceptors (Lipinski definition) is 2. The Morgan fingerprint density at radius 2 is 2.07 bits per heavy atom. The van der Waals surface area contributed by atoms with Gasteiger partial charge in [-0.05, 0) is 18.7 Å². The van der Waals surface area contributed by atoms with Crippen molar-refractivity contribution in [1.82, 2.24) is 0 Å². The van der Waals surface area contributed by atoms with Crippen LogP contribution in [0.25, 0.3) is 0 Å². The molecule has 2 nitrogen and oxygen atoms in total. The van der Waals surface area contributed by atoms with Crippen LogP contribution in [0, 0.1) is 0 Å². The van der Waals surface area contributed by atoms with Gasteiger partial charge in [0.2, 0.25) is 5.69 Å². The summed E-state index contributed by atoms with van der Waals surface area (Å²) in [5.41, 5.74) is 1.02. The van der Waals surface area contributed by atoms with E-state index in [9.17, 15) is 0 Å². The zero-order chi connectivity index (χ0) is 10.0. The van der Waals surface area contributed by atoms with E-state index in [-0.39, 0.29) is 12.4 Å². The van der Waals surface area contributed by atoms with Gasteiger partial charge in [0, 0.05) is 12.1 Å². The van der Waals surface area contributed by atoms with Crippen LogP contribution in [0.3, 0.4) is 0 Å². The van der Waals surface area contributed by atoms with Crippen molar-refractivity contribution >= 4 is 34.3 Å².